The summed E-state index contributed by atoms with van der Waals surface area (Å²) in [5, 5.41) is 13.3. The Morgan fingerprint density at radius 1 is 1.25 bits per heavy atom. The van der Waals surface area contributed by atoms with E-state index in [2.05, 4.69) is 20.8 Å². The molecule has 1 aliphatic heterocycles. The van der Waals surface area contributed by atoms with Gasteiger partial charge < -0.3 is 14.8 Å². The number of hydrogen-bond acceptors (Lipinski definition) is 8. The maximum atomic E-state index is 13.0. The molecular weight excluding hydrogens is 386 g/mol. The molecule has 152 valence electrons. The highest BCUT2D eigenvalue weighted by atomic mass is 32.2. The second kappa shape index (κ2) is 7.94. The zero-order valence-electron chi connectivity index (χ0n) is 15.9. The first-order valence-electron chi connectivity index (χ1n) is 8.83. The molecule has 0 saturated carbocycles. The van der Waals surface area contributed by atoms with Crippen LogP contribution >= 0.6 is 0 Å². The van der Waals surface area contributed by atoms with Gasteiger partial charge in [-0.15, -0.1) is 0 Å². The molecule has 10 nitrogen and oxygen atoms in total. The average Bonchev–Trinajstić information content (AvgIpc) is 3.11. The first-order valence-corrected chi connectivity index (χ1v) is 10.5. The number of para-hydroxylation sites is 1. The molecule has 28 heavy (non-hydrogen) atoms. The van der Waals surface area contributed by atoms with Crippen molar-refractivity contribution in [2.75, 3.05) is 12.8 Å². The lowest BCUT2D eigenvalue weighted by atomic mass is 10.1. The molecule has 2 heterocycles. The van der Waals surface area contributed by atoms with E-state index in [0.717, 1.165) is 0 Å². The lowest BCUT2D eigenvalue weighted by Crippen LogP contribution is -2.48. The Bertz CT molecular complexity index is 928. The molecule has 0 spiro atoms. The summed E-state index contributed by atoms with van der Waals surface area (Å²) >= 11 is 0. The molecule has 1 aliphatic rings. The van der Waals surface area contributed by atoms with Crippen LogP contribution in [0.25, 0.3) is 5.69 Å². The van der Waals surface area contributed by atoms with Gasteiger partial charge in [0.2, 0.25) is 15.7 Å². The second-order valence-electron chi connectivity index (χ2n) is 6.98. The topological polar surface area (TPSA) is 125 Å². The fourth-order valence-electron chi connectivity index (χ4n) is 3.18. The summed E-state index contributed by atoms with van der Waals surface area (Å²) < 4.78 is 38.7. The number of amides is 1. The number of nitrogens with one attached hydrogen (secondary N) is 1. The zero-order valence-corrected chi connectivity index (χ0v) is 16.7. The van der Waals surface area contributed by atoms with Gasteiger partial charge in [0.05, 0.1) is 30.1 Å². The third-order valence-electron chi connectivity index (χ3n) is 4.24. The number of tetrazole rings is 1. The van der Waals surface area contributed by atoms with E-state index in [4.69, 9.17) is 9.47 Å². The summed E-state index contributed by atoms with van der Waals surface area (Å²) in [5.74, 6) is -1.52. The predicted molar refractivity (Wildman–Crippen MR) is 98.3 cm³/mol. The van der Waals surface area contributed by atoms with Crippen molar-refractivity contribution in [1.82, 2.24) is 25.5 Å². The molecule has 0 bridgehead atoms. The number of carbonyl (C=O) groups excluding carboxylic acids is 1. The lowest BCUT2D eigenvalue weighted by molar-refractivity contribution is -0.294. The number of hydrogen-bond donors (Lipinski definition) is 1. The molecule has 1 aromatic carbocycles. The molecule has 1 fully saturated rings. The van der Waals surface area contributed by atoms with Gasteiger partial charge in [-0.3, -0.25) is 4.79 Å². The van der Waals surface area contributed by atoms with Gasteiger partial charge in [0.25, 0.3) is 5.16 Å². The van der Waals surface area contributed by atoms with Crippen LogP contribution in [0.4, 0.5) is 0 Å². The van der Waals surface area contributed by atoms with Crippen molar-refractivity contribution in [2.24, 2.45) is 0 Å². The summed E-state index contributed by atoms with van der Waals surface area (Å²) in [6.07, 6.45) is -0.719. The van der Waals surface area contributed by atoms with E-state index in [1.807, 2.05) is 6.07 Å². The molecule has 0 radical (unpaired) electrons. The summed E-state index contributed by atoms with van der Waals surface area (Å²) in [5.41, 5.74) is 0.539. The Hall–Kier alpha value is -2.37. The molecule has 0 aliphatic carbocycles. The Labute approximate surface area is 163 Å². The number of ether oxygens (including phenoxy) is 2. The number of sulfone groups is 1. The van der Waals surface area contributed by atoms with E-state index < -0.39 is 27.8 Å². The molecule has 1 N–H and O–H groups in total. The Morgan fingerprint density at radius 3 is 2.61 bits per heavy atom. The van der Waals surface area contributed by atoms with Crippen LogP contribution in [0.3, 0.4) is 0 Å². The van der Waals surface area contributed by atoms with Crippen molar-refractivity contribution < 1.29 is 22.7 Å². The monoisotopic (exact) mass is 409 g/mol. The summed E-state index contributed by atoms with van der Waals surface area (Å²) in [7, 11) is -2.32. The van der Waals surface area contributed by atoms with Crippen LogP contribution in [0.15, 0.2) is 35.5 Å². The van der Waals surface area contributed by atoms with Crippen molar-refractivity contribution in [3.8, 4) is 5.69 Å². The SMILES string of the molecule is CNC(=O)C[C@H]1C[C@@H](CS(=O)(=O)c2nnnn2-c2ccccc2)OC(C)(C)O1. The predicted octanol–water partition coefficient (Wildman–Crippen LogP) is 0.482. The van der Waals surface area contributed by atoms with Gasteiger partial charge >= 0.3 is 0 Å². The number of carbonyl (C=O) groups is 1. The van der Waals surface area contributed by atoms with Gasteiger partial charge in [-0.1, -0.05) is 23.3 Å². The van der Waals surface area contributed by atoms with Gasteiger partial charge in [0.1, 0.15) is 0 Å². The van der Waals surface area contributed by atoms with E-state index in [0.29, 0.717) is 5.69 Å². The normalized spacial score (nSPS) is 22.0. The minimum atomic E-state index is -3.86. The Morgan fingerprint density at radius 2 is 1.93 bits per heavy atom. The lowest BCUT2D eigenvalue weighted by Gasteiger charge is -2.40. The first kappa shape index (κ1) is 20.4. The van der Waals surface area contributed by atoms with Crippen molar-refractivity contribution in [1.29, 1.82) is 0 Å². The summed E-state index contributed by atoms with van der Waals surface area (Å²) in [4.78, 5) is 11.7. The third kappa shape index (κ3) is 4.72. The van der Waals surface area contributed by atoms with Gasteiger partial charge in [0, 0.05) is 13.5 Å². The maximum absolute atomic E-state index is 13.0. The van der Waals surface area contributed by atoms with E-state index in [9.17, 15) is 13.2 Å². The second-order valence-corrected chi connectivity index (χ2v) is 8.91. The van der Waals surface area contributed by atoms with Crippen LogP contribution in [0.1, 0.15) is 26.7 Å². The number of rotatable bonds is 6. The number of benzene rings is 1. The van der Waals surface area contributed by atoms with Crippen molar-refractivity contribution in [2.45, 2.75) is 49.8 Å². The molecule has 2 atom stereocenters. The van der Waals surface area contributed by atoms with Gasteiger partial charge in [-0.05, 0) is 36.4 Å². The van der Waals surface area contributed by atoms with E-state index >= 15 is 0 Å². The summed E-state index contributed by atoms with van der Waals surface area (Å²) in [6.45, 7) is 3.38. The van der Waals surface area contributed by atoms with Crippen LogP contribution in [-0.4, -0.2) is 65.3 Å². The Kier molecular flexibility index (Phi) is 5.77. The first-order chi connectivity index (χ1) is 13.2. The number of aromatic nitrogens is 4. The van der Waals surface area contributed by atoms with Gasteiger partial charge in [-0.2, -0.15) is 4.68 Å². The van der Waals surface area contributed by atoms with E-state index in [1.165, 1.54) is 11.7 Å². The smallest absolute Gasteiger partial charge is 0.272 e. The van der Waals surface area contributed by atoms with E-state index in [-0.39, 0.29) is 29.7 Å². The molecule has 1 aromatic heterocycles. The standard InChI is InChI=1S/C17H23N5O5S/c1-17(2)26-13(10-15(23)18-3)9-14(27-17)11-28(24,25)16-19-20-21-22(16)12-7-5-4-6-8-12/h4-8,13-14H,9-11H2,1-3H3,(H,18,23)/t13-,14+/m1/s1. The van der Waals surface area contributed by atoms with Crippen LogP contribution < -0.4 is 5.32 Å². The minimum absolute atomic E-state index is 0.127. The molecule has 3 rings (SSSR count). The molecule has 0 unspecified atom stereocenters. The van der Waals surface area contributed by atoms with Crippen LogP contribution in [0.2, 0.25) is 0 Å². The molecule has 1 saturated heterocycles. The van der Waals surface area contributed by atoms with Crippen molar-refractivity contribution in [3.63, 3.8) is 0 Å². The molecule has 11 heteroatoms. The highest BCUT2D eigenvalue weighted by Crippen LogP contribution is 2.30. The highest BCUT2D eigenvalue weighted by Gasteiger charge is 2.39. The van der Waals surface area contributed by atoms with E-state index in [1.54, 1.807) is 38.1 Å². The van der Waals surface area contributed by atoms with Crippen molar-refractivity contribution in [3.05, 3.63) is 30.3 Å². The van der Waals surface area contributed by atoms with Crippen molar-refractivity contribution >= 4 is 15.7 Å². The molecule has 1 amide bonds. The minimum Gasteiger partial charge on any atom is -0.359 e. The zero-order chi connectivity index (χ0) is 20.4. The molecule has 2 aromatic rings. The van der Waals surface area contributed by atoms with Crippen LogP contribution in [0, 0.1) is 0 Å². The third-order valence-corrected chi connectivity index (χ3v) is 5.87. The number of nitrogens with zero attached hydrogens (tertiary/aromatic N) is 4. The fraction of sp³-hybridized carbons (Fsp3) is 0.529. The van der Waals surface area contributed by atoms with Crippen LogP contribution in [0.5, 0.6) is 0 Å². The maximum Gasteiger partial charge on any atom is 0.272 e. The fourth-order valence-corrected chi connectivity index (χ4v) is 4.59. The van der Waals surface area contributed by atoms with Crippen LogP contribution in [-0.2, 0) is 24.1 Å². The largest absolute Gasteiger partial charge is 0.359 e. The summed E-state index contributed by atoms with van der Waals surface area (Å²) in [6, 6.07) is 8.76. The quantitative estimate of drug-likeness (QED) is 0.730. The highest BCUT2D eigenvalue weighted by molar-refractivity contribution is 7.91. The van der Waals surface area contributed by atoms with Gasteiger partial charge in [-0.25, -0.2) is 8.42 Å². The Balaban J connectivity index is 1.80. The molecular formula is C17H23N5O5S. The van der Waals surface area contributed by atoms with Gasteiger partial charge in [0.15, 0.2) is 5.79 Å². The average molecular weight is 409 g/mol.